The van der Waals surface area contributed by atoms with E-state index in [2.05, 4.69) is 5.32 Å². The van der Waals surface area contributed by atoms with Gasteiger partial charge in [0, 0.05) is 13.1 Å². The molecule has 0 unspecified atom stereocenters. The number of aryl methyl sites for hydroxylation is 1. The van der Waals surface area contributed by atoms with Crippen molar-refractivity contribution in [2.75, 3.05) is 24.1 Å². The van der Waals surface area contributed by atoms with Crippen molar-refractivity contribution in [3.05, 3.63) is 23.8 Å². The average molecular weight is 247 g/mol. The molecule has 4 heteroatoms. The summed E-state index contributed by atoms with van der Waals surface area (Å²) in [5.41, 5.74) is 8.26. The van der Waals surface area contributed by atoms with Gasteiger partial charge < -0.3 is 16.0 Å². The number of anilines is 2. The van der Waals surface area contributed by atoms with Gasteiger partial charge in [-0.1, -0.05) is 25.0 Å². The van der Waals surface area contributed by atoms with Crippen LogP contribution in [-0.2, 0) is 0 Å². The highest BCUT2D eigenvalue weighted by atomic mass is 16.2. The fraction of sp³-hybridized carbons (Fsp3) is 0.500. The molecule has 0 aliphatic carbocycles. The number of para-hydroxylation sites is 1. The first-order chi connectivity index (χ1) is 8.68. The van der Waals surface area contributed by atoms with Gasteiger partial charge in [0.2, 0.25) is 0 Å². The van der Waals surface area contributed by atoms with E-state index in [4.69, 9.17) is 5.73 Å². The first-order valence-electron chi connectivity index (χ1n) is 6.59. The molecule has 18 heavy (non-hydrogen) atoms. The molecule has 4 nitrogen and oxygen atoms in total. The average Bonchev–Trinajstić information content (AvgIpc) is 2.62. The molecule has 1 aliphatic heterocycles. The molecule has 0 aromatic heterocycles. The minimum absolute atomic E-state index is 0.0297. The second-order valence-electron chi connectivity index (χ2n) is 4.87. The van der Waals surface area contributed by atoms with Crippen molar-refractivity contribution in [3.8, 4) is 0 Å². The van der Waals surface area contributed by atoms with Crippen molar-refractivity contribution in [2.24, 2.45) is 0 Å². The van der Waals surface area contributed by atoms with Crippen LogP contribution in [0.2, 0.25) is 0 Å². The smallest absolute Gasteiger partial charge is 0.321 e. The van der Waals surface area contributed by atoms with Crippen LogP contribution in [0.25, 0.3) is 0 Å². The number of nitrogens with two attached hydrogens (primary N) is 1. The molecule has 0 bridgehead atoms. The van der Waals surface area contributed by atoms with Crippen molar-refractivity contribution in [1.29, 1.82) is 0 Å². The Labute approximate surface area is 108 Å². The number of hydrogen-bond donors (Lipinski definition) is 2. The maximum absolute atomic E-state index is 12.2. The number of rotatable bonds is 1. The molecule has 1 fully saturated rings. The first kappa shape index (κ1) is 12.7. The molecule has 3 N–H and O–H groups in total. The number of hydrogen-bond acceptors (Lipinski definition) is 2. The Balaban J connectivity index is 2.06. The maximum atomic E-state index is 12.2. The summed E-state index contributed by atoms with van der Waals surface area (Å²) in [5.74, 6) is 0. The molecule has 1 aromatic rings. The lowest BCUT2D eigenvalue weighted by molar-refractivity contribution is 0.214. The predicted molar refractivity (Wildman–Crippen MR) is 74.7 cm³/mol. The Hall–Kier alpha value is -1.71. The molecule has 1 saturated heterocycles. The van der Waals surface area contributed by atoms with E-state index in [1.54, 1.807) is 0 Å². The van der Waals surface area contributed by atoms with E-state index < -0.39 is 0 Å². The van der Waals surface area contributed by atoms with Gasteiger partial charge in [-0.2, -0.15) is 0 Å². The van der Waals surface area contributed by atoms with Crippen molar-refractivity contribution in [2.45, 2.75) is 32.6 Å². The van der Waals surface area contributed by atoms with Crippen LogP contribution in [0, 0.1) is 6.92 Å². The predicted octanol–water partition coefficient (Wildman–Crippen LogP) is 2.99. The van der Waals surface area contributed by atoms with Crippen molar-refractivity contribution < 1.29 is 4.79 Å². The third-order valence-electron chi connectivity index (χ3n) is 3.43. The second kappa shape index (κ2) is 5.76. The minimum atomic E-state index is -0.0297. The van der Waals surface area contributed by atoms with Gasteiger partial charge in [-0.05, 0) is 31.4 Å². The zero-order valence-corrected chi connectivity index (χ0v) is 10.9. The number of amides is 2. The van der Waals surface area contributed by atoms with Crippen LogP contribution in [0.5, 0.6) is 0 Å². The molecular formula is C14H21N3O. The Morgan fingerprint density at radius 3 is 2.50 bits per heavy atom. The zero-order valence-electron chi connectivity index (χ0n) is 10.9. The molecule has 2 rings (SSSR count). The summed E-state index contributed by atoms with van der Waals surface area (Å²) in [6.07, 6.45) is 4.62. The normalized spacial score (nSPS) is 16.2. The van der Waals surface area contributed by atoms with E-state index >= 15 is 0 Å². The van der Waals surface area contributed by atoms with Gasteiger partial charge in [-0.15, -0.1) is 0 Å². The molecule has 0 atom stereocenters. The number of likely N-dealkylation sites (tertiary alicyclic amines) is 1. The number of nitrogen functional groups attached to an aromatic ring is 1. The summed E-state index contributed by atoms with van der Waals surface area (Å²) in [7, 11) is 0. The fourth-order valence-corrected chi connectivity index (χ4v) is 2.32. The number of carbonyl (C=O) groups is 1. The molecule has 1 heterocycles. The summed E-state index contributed by atoms with van der Waals surface area (Å²) < 4.78 is 0. The Bertz CT molecular complexity index is 403. The summed E-state index contributed by atoms with van der Waals surface area (Å²) in [6.45, 7) is 3.64. The highest BCUT2D eigenvalue weighted by Crippen LogP contribution is 2.23. The van der Waals surface area contributed by atoms with E-state index in [9.17, 15) is 4.79 Å². The second-order valence-corrected chi connectivity index (χ2v) is 4.87. The summed E-state index contributed by atoms with van der Waals surface area (Å²) in [6, 6.07) is 5.63. The molecule has 0 spiro atoms. The monoisotopic (exact) mass is 247 g/mol. The quantitative estimate of drug-likeness (QED) is 0.749. The largest absolute Gasteiger partial charge is 0.397 e. The number of carbonyl (C=O) groups excluding carboxylic acids is 1. The SMILES string of the molecule is Cc1cccc(N)c1NC(=O)N1CCCCCC1. The number of urea groups is 1. The lowest BCUT2D eigenvalue weighted by Gasteiger charge is -2.22. The Morgan fingerprint density at radius 1 is 1.22 bits per heavy atom. The minimum Gasteiger partial charge on any atom is -0.397 e. The maximum Gasteiger partial charge on any atom is 0.321 e. The van der Waals surface area contributed by atoms with Crippen LogP contribution in [-0.4, -0.2) is 24.0 Å². The van der Waals surface area contributed by atoms with Gasteiger partial charge in [0.05, 0.1) is 11.4 Å². The van der Waals surface area contributed by atoms with Crippen molar-refractivity contribution in [3.63, 3.8) is 0 Å². The van der Waals surface area contributed by atoms with Gasteiger partial charge in [0.1, 0.15) is 0 Å². The first-order valence-corrected chi connectivity index (χ1v) is 6.59. The van der Waals surface area contributed by atoms with Crippen LogP contribution in [0.4, 0.5) is 16.2 Å². The van der Waals surface area contributed by atoms with Crippen LogP contribution < -0.4 is 11.1 Å². The Morgan fingerprint density at radius 2 is 1.89 bits per heavy atom. The third kappa shape index (κ3) is 2.94. The van der Waals surface area contributed by atoms with E-state index in [1.807, 2.05) is 30.0 Å². The van der Waals surface area contributed by atoms with E-state index in [1.165, 1.54) is 12.8 Å². The van der Waals surface area contributed by atoms with Gasteiger partial charge in [0.25, 0.3) is 0 Å². The van der Waals surface area contributed by atoms with Gasteiger partial charge in [-0.3, -0.25) is 0 Å². The van der Waals surface area contributed by atoms with E-state index in [0.717, 1.165) is 37.2 Å². The van der Waals surface area contributed by atoms with Crippen LogP contribution in [0.1, 0.15) is 31.2 Å². The fourth-order valence-electron chi connectivity index (χ4n) is 2.32. The van der Waals surface area contributed by atoms with E-state index in [0.29, 0.717) is 5.69 Å². The third-order valence-corrected chi connectivity index (χ3v) is 3.43. The van der Waals surface area contributed by atoms with Crippen LogP contribution >= 0.6 is 0 Å². The van der Waals surface area contributed by atoms with Crippen molar-refractivity contribution >= 4 is 17.4 Å². The summed E-state index contributed by atoms with van der Waals surface area (Å²) >= 11 is 0. The van der Waals surface area contributed by atoms with Gasteiger partial charge in [-0.25, -0.2) is 4.79 Å². The van der Waals surface area contributed by atoms with Crippen LogP contribution in [0.3, 0.4) is 0 Å². The van der Waals surface area contributed by atoms with Crippen LogP contribution in [0.15, 0.2) is 18.2 Å². The topological polar surface area (TPSA) is 58.4 Å². The molecule has 1 aromatic carbocycles. The Kier molecular flexibility index (Phi) is 4.07. The lowest BCUT2D eigenvalue weighted by Crippen LogP contribution is -2.35. The molecule has 98 valence electrons. The molecule has 0 saturated carbocycles. The zero-order chi connectivity index (χ0) is 13.0. The van der Waals surface area contributed by atoms with Crippen molar-refractivity contribution in [1.82, 2.24) is 4.90 Å². The summed E-state index contributed by atoms with van der Waals surface area (Å²) in [5, 5.41) is 2.94. The highest BCUT2D eigenvalue weighted by molar-refractivity contribution is 5.93. The lowest BCUT2D eigenvalue weighted by atomic mass is 10.1. The molecule has 0 radical (unpaired) electrons. The molecular weight excluding hydrogens is 226 g/mol. The standard InChI is InChI=1S/C14H21N3O/c1-11-7-6-8-12(15)13(11)16-14(18)17-9-4-2-3-5-10-17/h6-8H,2-5,9-10,15H2,1H3,(H,16,18). The molecule has 2 amide bonds. The number of nitrogens with one attached hydrogen (secondary N) is 1. The number of benzene rings is 1. The van der Waals surface area contributed by atoms with Gasteiger partial charge in [0.15, 0.2) is 0 Å². The number of nitrogens with zero attached hydrogens (tertiary/aromatic N) is 1. The van der Waals surface area contributed by atoms with Gasteiger partial charge >= 0.3 is 6.03 Å². The summed E-state index contributed by atoms with van der Waals surface area (Å²) in [4.78, 5) is 14.1. The molecule has 1 aliphatic rings. The highest BCUT2D eigenvalue weighted by Gasteiger charge is 2.16. The van der Waals surface area contributed by atoms with E-state index in [-0.39, 0.29) is 6.03 Å².